The summed E-state index contributed by atoms with van der Waals surface area (Å²) in [5.74, 6) is -1.64. The molecule has 1 saturated heterocycles. The van der Waals surface area contributed by atoms with Crippen molar-refractivity contribution in [3.63, 3.8) is 0 Å². The second kappa shape index (κ2) is 11.8. The number of carbonyl (C=O) groups excluding carboxylic acids is 3. The Balaban J connectivity index is 1.22. The number of rotatable bonds is 4. The highest BCUT2D eigenvalue weighted by Crippen LogP contribution is 2.48. The number of benzene rings is 2. The molecule has 2 aromatic rings. The zero-order valence-corrected chi connectivity index (χ0v) is 27.8. The Hall–Kier alpha value is -4.13. The first-order valence-corrected chi connectivity index (χ1v) is 18.4. The van der Waals surface area contributed by atoms with E-state index >= 15 is 0 Å². The van der Waals surface area contributed by atoms with Crippen molar-refractivity contribution in [3.8, 4) is 5.75 Å². The number of hydrogen-bond acceptors (Lipinski definition) is 7. The highest BCUT2D eigenvalue weighted by Gasteiger charge is 2.63. The number of nitrogens with zero attached hydrogens (tertiary/aromatic N) is 1. The molecule has 4 N–H and O–H groups in total. The molecule has 12 nitrogen and oxygen atoms in total. The van der Waals surface area contributed by atoms with E-state index in [0.29, 0.717) is 44.3 Å². The second-order valence-corrected chi connectivity index (χ2v) is 16.7. The van der Waals surface area contributed by atoms with Gasteiger partial charge in [-0.1, -0.05) is 55.3 Å². The molecular weight excluding hydrogens is 636 g/mol. The molecular formula is C35H42N4O8S. The van der Waals surface area contributed by atoms with Crippen LogP contribution < -0.4 is 20.1 Å². The minimum absolute atomic E-state index is 0.0588. The summed E-state index contributed by atoms with van der Waals surface area (Å²) in [4.78, 5) is 55.5. The van der Waals surface area contributed by atoms with E-state index < -0.39 is 67.7 Å². The van der Waals surface area contributed by atoms with E-state index in [1.807, 2.05) is 48.6 Å². The second-order valence-electron chi connectivity index (χ2n) is 14.5. The number of carboxylic acid groups (broad SMARTS) is 1. The van der Waals surface area contributed by atoms with Crippen LogP contribution in [-0.2, 0) is 30.8 Å². The maximum atomic E-state index is 14.3. The fourth-order valence-electron chi connectivity index (χ4n) is 7.70. The van der Waals surface area contributed by atoms with Gasteiger partial charge >= 0.3 is 6.09 Å². The number of hydrogen-bond donors (Lipinski definition) is 4. The van der Waals surface area contributed by atoms with Gasteiger partial charge in [-0.2, -0.15) is 0 Å². The maximum absolute atomic E-state index is 14.3. The summed E-state index contributed by atoms with van der Waals surface area (Å²) < 4.78 is 34.0. The first-order valence-electron chi connectivity index (χ1n) is 16.9. The Morgan fingerprint density at radius 1 is 1.04 bits per heavy atom. The molecule has 2 aliphatic carbocycles. The molecule has 1 spiro atoms. The third-order valence-electron chi connectivity index (χ3n) is 11.1. The van der Waals surface area contributed by atoms with Crippen LogP contribution >= 0.6 is 0 Å². The summed E-state index contributed by atoms with van der Waals surface area (Å²) in [6.07, 6.45) is 7.99. The summed E-state index contributed by atoms with van der Waals surface area (Å²) in [5, 5.41) is 17.1. The Morgan fingerprint density at radius 3 is 2.60 bits per heavy atom. The highest BCUT2D eigenvalue weighted by molar-refractivity contribution is 7.91. The van der Waals surface area contributed by atoms with Crippen LogP contribution in [0.3, 0.4) is 0 Å². The zero-order chi connectivity index (χ0) is 33.9. The van der Waals surface area contributed by atoms with E-state index in [0.717, 1.165) is 29.2 Å². The van der Waals surface area contributed by atoms with Crippen LogP contribution in [0, 0.1) is 5.92 Å². The zero-order valence-electron chi connectivity index (χ0n) is 27.0. The van der Waals surface area contributed by atoms with Gasteiger partial charge in [-0.15, -0.1) is 0 Å². The molecule has 13 heteroatoms. The van der Waals surface area contributed by atoms with Gasteiger partial charge in [0.1, 0.15) is 29.0 Å². The van der Waals surface area contributed by atoms with Crippen molar-refractivity contribution < 1.29 is 37.4 Å². The molecule has 0 unspecified atom stereocenters. The van der Waals surface area contributed by atoms with Crippen molar-refractivity contribution in [2.24, 2.45) is 5.92 Å². The van der Waals surface area contributed by atoms with Crippen molar-refractivity contribution in [1.29, 1.82) is 0 Å². The van der Waals surface area contributed by atoms with Crippen LogP contribution in [0.4, 0.5) is 4.79 Å². The van der Waals surface area contributed by atoms with Crippen LogP contribution in [0.2, 0.25) is 0 Å². The molecule has 3 aliphatic heterocycles. The predicted molar refractivity (Wildman–Crippen MR) is 177 cm³/mol. The SMILES string of the molecule is CC1(S(=O)(=O)NC(=O)[C@@]23C[C@H]2/C=C\CCCCC[C@H](NC(=O)O)C(=O)N2C[C@@]4(CCc5c(ccc6ccccc56)O4)C[C@H]2C(=O)N3)CC1. The minimum Gasteiger partial charge on any atom is -0.485 e. The predicted octanol–water partition coefficient (Wildman–Crippen LogP) is 3.53. The van der Waals surface area contributed by atoms with Crippen LogP contribution in [0.25, 0.3) is 10.8 Å². The fraction of sp³-hybridized carbons (Fsp3) is 0.543. The Morgan fingerprint density at radius 2 is 1.83 bits per heavy atom. The molecule has 2 aromatic carbocycles. The van der Waals surface area contributed by atoms with Crippen LogP contribution in [0.15, 0.2) is 48.6 Å². The smallest absolute Gasteiger partial charge is 0.405 e. The number of carbonyl (C=O) groups is 4. The summed E-state index contributed by atoms with van der Waals surface area (Å²) in [6, 6.07) is 9.77. The fourth-order valence-corrected chi connectivity index (χ4v) is 9.01. The van der Waals surface area contributed by atoms with E-state index in [1.54, 1.807) is 6.92 Å². The molecule has 256 valence electrons. The Bertz CT molecular complexity index is 1820. The lowest BCUT2D eigenvalue weighted by Gasteiger charge is -2.36. The maximum Gasteiger partial charge on any atom is 0.405 e. The van der Waals surface area contributed by atoms with Crippen molar-refractivity contribution in [2.75, 3.05) is 6.54 Å². The lowest BCUT2D eigenvalue weighted by molar-refractivity contribution is -0.141. The number of ether oxygens (including phenoxy) is 1. The molecule has 48 heavy (non-hydrogen) atoms. The first-order chi connectivity index (χ1) is 22.9. The van der Waals surface area contributed by atoms with E-state index in [9.17, 15) is 32.7 Å². The number of allylic oxidation sites excluding steroid dienone is 1. The molecule has 3 fully saturated rings. The third kappa shape index (κ3) is 5.79. The van der Waals surface area contributed by atoms with Gasteiger partial charge in [-0.25, -0.2) is 13.2 Å². The summed E-state index contributed by atoms with van der Waals surface area (Å²) >= 11 is 0. The number of aryl methyl sites for hydroxylation is 1. The average Bonchev–Trinajstić information content (AvgIpc) is 3.94. The molecule has 0 aromatic heterocycles. The lowest BCUT2D eigenvalue weighted by atomic mass is 9.87. The number of fused-ring (bicyclic) bond motifs is 5. The standard InChI is InChI=1S/C35H42N4O8S/c1-33(17-18-33)48(45,46)38-31(42)35-19-23(35)10-5-3-2-4-6-12-26(36-32(43)44)30(41)39-21-34(20-27(39)29(40)37-35)16-15-25-24-11-8-7-9-22(24)13-14-28(25)47-34/h5,7-11,13-14,23,26-27,36H,2-4,6,12,15-21H2,1H3,(H,37,40)(H,38,42)(H,43,44)/b10-5-/t23-,26+,27+,34-,35-/m1/s1. The molecule has 0 radical (unpaired) electrons. The number of sulfonamides is 1. The molecule has 5 aliphatic rings. The highest BCUT2D eigenvalue weighted by atomic mass is 32.2. The van der Waals surface area contributed by atoms with Crippen LogP contribution in [-0.4, -0.2) is 76.8 Å². The first kappa shape index (κ1) is 32.4. The molecule has 5 atom stereocenters. The monoisotopic (exact) mass is 678 g/mol. The van der Waals surface area contributed by atoms with Gasteiger partial charge < -0.3 is 25.4 Å². The van der Waals surface area contributed by atoms with E-state index in [2.05, 4.69) is 15.4 Å². The third-order valence-corrected chi connectivity index (χ3v) is 13.2. The van der Waals surface area contributed by atoms with Gasteiger partial charge in [0.2, 0.25) is 21.8 Å². The van der Waals surface area contributed by atoms with E-state index in [-0.39, 0.29) is 25.8 Å². The molecule has 0 bridgehead atoms. The Labute approximate surface area is 279 Å². The van der Waals surface area contributed by atoms with Crippen molar-refractivity contribution in [3.05, 3.63) is 54.1 Å². The van der Waals surface area contributed by atoms with Gasteiger partial charge in [-0.05, 0) is 75.1 Å². The molecule has 7 rings (SSSR count). The van der Waals surface area contributed by atoms with Crippen LogP contribution in [0.5, 0.6) is 5.75 Å². The number of amides is 4. The molecule has 4 amide bonds. The average molecular weight is 679 g/mol. The number of nitrogens with one attached hydrogen (secondary N) is 3. The van der Waals surface area contributed by atoms with Crippen molar-refractivity contribution >= 4 is 44.6 Å². The summed E-state index contributed by atoms with van der Waals surface area (Å²) in [6.45, 7) is 1.65. The van der Waals surface area contributed by atoms with Gasteiger partial charge in [0, 0.05) is 17.9 Å². The molecule has 2 saturated carbocycles. The quantitative estimate of drug-likeness (QED) is 0.356. The largest absolute Gasteiger partial charge is 0.485 e. The van der Waals surface area contributed by atoms with Gasteiger partial charge in [-0.3, -0.25) is 19.1 Å². The van der Waals surface area contributed by atoms with E-state index in [1.165, 1.54) is 4.90 Å². The van der Waals surface area contributed by atoms with Crippen molar-refractivity contribution in [2.45, 2.75) is 106 Å². The van der Waals surface area contributed by atoms with E-state index in [4.69, 9.17) is 4.74 Å². The minimum atomic E-state index is -3.96. The lowest BCUT2D eigenvalue weighted by Crippen LogP contribution is -2.58. The van der Waals surface area contributed by atoms with Gasteiger partial charge in [0.15, 0.2) is 0 Å². The normalized spacial score (nSPS) is 31.9. The Kier molecular flexibility index (Phi) is 7.96. The summed E-state index contributed by atoms with van der Waals surface area (Å²) in [7, 11) is -3.96. The van der Waals surface area contributed by atoms with Gasteiger partial charge in [0.05, 0.1) is 11.3 Å². The topological polar surface area (TPSA) is 171 Å². The summed E-state index contributed by atoms with van der Waals surface area (Å²) in [5.41, 5.74) is -1.36. The van der Waals surface area contributed by atoms with Gasteiger partial charge in [0.25, 0.3) is 5.91 Å². The van der Waals surface area contributed by atoms with Crippen LogP contribution in [0.1, 0.15) is 76.7 Å². The van der Waals surface area contributed by atoms with Crippen molar-refractivity contribution in [1.82, 2.24) is 20.3 Å². The molecule has 3 heterocycles.